The number of likely N-dealkylation sites (tertiary alicyclic amines) is 1. The topological polar surface area (TPSA) is 40.5 Å². The fourth-order valence-electron chi connectivity index (χ4n) is 2.95. The van der Waals surface area contributed by atoms with Crippen LogP contribution in [-0.4, -0.2) is 29.1 Å². The lowest BCUT2D eigenvalue weighted by Crippen LogP contribution is -2.38. The van der Waals surface area contributed by atoms with Crippen LogP contribution in [0.5, 0.6) is 0 Å². The van der Waals surface area contributed by atoms with Gasteiger partial charge in [0.25, 0.3) is 0 Å². The van der Waals surface area contributed by atoms with Gasteiger partial charge in [0.1, 0.15) is 11.6 Å². The summed E-state index contributed by atoms with van der Waals surface area (Å²) in [6.07, 6.45) is 1.83. The summed E-state index contributed by atoms with van der Waals surface area (Å²) in [5.74, 6) is -1.85. The molecule has 1 heterocycles. The summed E-state index contributed by atoms with van der Waals surface area (Å²) in [6, 6.07) is 3.48. The van der Waals surface area contributed by atoms with E-state index >= 15 is 0 Å². The highest BCUT2D eigenvalue weighted by Gasteiger charge is 2.28. The lowest BCUT2D eigenvalue weighted by molar-refractivity contribution is -0.138. The molecule has 1 aromatic rings. The van der Waals surface area contributed by atoms with Crippen LogP contribution in [0.3, 0.4) is 0 Å². The van der Waals surface area contributed by atoms with Crippen LogP contribution in [0.15, 0.2) is 18.2 Å². The minimum atomic E-state index is -0.818. The highest BCUT2D eigenvalue weighted by atomic mass is 19.1. The van der Waals surface area contributed by atoms with Crippen LogP contribution in [-0.2, 0) is 4.79 Å². The molecule has 2 atom stereocenters. The number of nitrogens with zero attached hydrogens (tertiary/aromatic N) is 1. The number of carbonyl (C=O) groups is 1. The standard InChI is InChI=1S/C15H19F2NO2/c1-10(15-12(16)5-2-6-13(15)17)18-7-3-4-11(9-18)8-14(19)20/h2,5-6,10-11H,3-4,7-9H2,1H3,(H,19,20). The predicted molar refractivity (Wildman–Crippen MR) is 71.3 cm³/mol. The fourth-order valence-corrected chi connectivity index (χ4v) is 2.95. The molecule has 0 bridgehead atoms. The minimum absolute atomic E-state index is 0.0542. The zero-order valence-corrected chi connectivity index (χ0v) is 11.5. The largest absolute Gasteiger partial charge is 0.481 e. The number of piperidine rings is 1. The number of carboxylic acids is 1. The Balaban J connectivity index is 2.12. The van der Waals surface area contributed by atoms with Crippen molar-refractivity contribution in [1.29, 1.82) is 0 Å². The van der Waals surface area contributed by atoms with Gasteiger partial charge in [-0.1, -0.05) is 6.07 Å². The Morgan fingerprint density at radius 1 is 1.45 bits per heavy atom. The zero-order valence-electron chi connectivity index (χ0n) is 11.5. The Bertz CT molecular complexity index is 473. The molecule has 0 aliphatic carbocycles. The van der Waals surface area contributed by atoms with Gasteiger partial charge in [-0.05, 0) is 44.4 Å². The first kappa shape index (κ1) is 14.9. The van der Waals surface area contributed by atoms with Crippen molar-refractivity contribution in [3.8, 4) is 0 Å². The maximum atomic E-state index is 13.8. The van der Waals surface area contributed by atoms with Gasteiger partial charge >= 0.3 is 5.97 Å². The van der Waals surface area contributed by atoms with Gasteiger partial charge in [0.2, 0.25) is 0 Å². The fraction of sp³-hybridized carbons (Fsp3) is 0.533. The van der Waals surface area contributed by atoms with Crippen LogP contribution >= 0.6 is 0 Å². The van der Waals surface area contributed by atoms with E-state index in [4.69, 9.17) is 5.11 Å². The molecule has 1 N–H and O–H groups in total. The summed E-state index contributed by atoms with van der Waals surface area (Å²) in [6.45, 7) is 3.08. The van der Waals surface area contributed by atoms with E-state index in [1.807, 2.05) is 4.90 Å². The third-order valence-corrected chi connectivity index (χ3v) is 3.98. The van der Waals surface area contributed by atoms with Gasteiger partial charge in [-0.25, -0.2) is 8.78 Å². The third-order valence-electron chi connectivity index (χ3n) is 3.98. The van der Waals surface area contributed by atoms with Gasteiger partial charge in [0.05, 0.1) is 0 Å². The molecule has 0 spiro atoms. The van der Waals surface area contributed by atoms with Crippen molar-refractivity contribution in [2.75, 3.05) is 13.1 Å². The van der Waals surface area contributed by atoms with Crippen molar-refractivity contribution < 1.29 is 18.7 Å². The van der Waals surface area contributed by atoms with Crippen LogP contribution in [0.1, 0.15) is 37.8 Å². The second-order valence-electron chi connectivity index (χ2n) is 5.41. The van der Waals surface area contributed by atoms with Crippen LogP contribution in [0.25, 0.3) is 0 Å². The van der Waals surface area contributed by atoms with E-state index in [1.165, 1.54) is 18.2 Å². The minimum Gasteiger partial charge on any atom is -0.481 e. The van der Waals surface area contributed by atoms with Crippen LogP contribution in [0.4, 0.5) is 8.78 Å². The molecule has 0 aromatic heterocycles. The van der Waals surface area contributed by atoms with E-state index in [0.29, 0.717) is 6.54 Å². The summed E-state index contributed by atoms with van der Waals surface area (Å²) in [7, 11) is 0. The SMILES string of the molecule is CC(c1c(F)cccc1F)N1CCCC(CC(=O)O)C1. The van der Waals surface area contributed by atoms with Crippen molar-refractivity contribution in [2.24, 2.45) is 5.92 Å². The Kier molecular flexibility index (Phi) is 4.70. The molecule has 2 rings (SSSR count). The molecule has 0 amide bonds. The third kappa shape index (κ3) is 3.33. The normalized spacial score (nSPS) is 21.6. The summed E-state index contributed by atoms with van der Waals surface area (Å²) in [4.78, 5) is 12.8. The summed E-state index contributed by atoms with van der Waals surface area (Å²) in [5, 5.41) is 8.86. The van der Waals surface area contributed by atoms with Crippen molar-refractivity contribution in [3.05, 3.63) is 35.4 Å². The van der Waals surface area contributed by atoms with Crippen LogP contribution in [0, 0.1) is 17.6 Å². The summed E-state index contributed by atoms with van der Waals surface area (Å²) >= 11 is 0. The Morgan fingerprint density at radius 3 is 2.70 bits per heavy atom. The summed E-state index contributed by atoms with van der Waals surface area (Å²) < 4.78 is 27.6. The van der Waals surface area contributed by atoms with Gasteiger partial charge in [0, 0.05) is 24.6 Å². The van der Waals surface area contributed by atoms with E-state index in [0.717, 1.165) is 19.4 Å². The first-order valence-corrected chi connectivity index (χ1v) is 6.88. The van der Waals surface area contributed by atoms with Crippen molar-refractivity contribution >= 4 is 5.97 Å². The lowest BCUT2D eigenvalue weighted by atomic mass is 9.92. The van der Waals surface area contributed by atoms with E-state index in [2.05, 4.69) is 0 Å². The number of rotatable bonds is 4. The predicted octanol–water partition coefficient (Wildman–Crippen LogP) is 3.21. The van der Waals surface area contributed by atoms with Crippen LogP contribution in [0.2, 0.25) is 0 Å². The van der Waals surface area contributed by atoms with Gasteiger partial charge in [0.15, 0.2) is 0 Å². The van der Waals surface area contributed by atoms with Gasteiger partial charge in [-0.2, -0.15) is 0 Å². The monoisotopic (exact) mass is 283 g/mol. The highest BCUT2D eigenvalue weighted by Crippen LogP contribution is 2.30. The van der Waals surface area contributed by atoms with Crippen molar-refractivity contribution in [2.45, 2.75) is 32.2 Å². The average molecular weight is 283 g/mol. The molecule has 3 nitrogen and oxygen atoms in total. The maximum Gasteiger partial charge on any atom is 0.303 e. The van der Waals surface area contributed by atoms with E-state index < -0.39 is 17.6 Å². The lowest BCUT2D eigenvalue weighted by Gasteiger charge is -2.36. The Hall–Kier alpha value is -1.49. The Labute approximate surface area is 117 Å². The first-order valence-electron chi connectivity index (χ1n) is 6.88. The molecular weight excluding hydrogens is 264 g/mol. The molecule has 110 valence electrons. The number of carboxylic acid groups (broad SMARTS) is 1. The van der Waals surface area contributed by atoms with Gasteiger partial charge in [-0.3, -0.25) is 9.69 Å². The van der Waals surface area contributed by atoms with Crippen molar-refractivity contribution in [1.82, 2.24) is 4.90 Å². The first-order chi connectivity index (χ1) is 9.49. The quantitative estimate of drug-likeness (QED) is 0.922. The molecular formula is C15H19F2NO2. The molecule has 0 saturated carbocycles. The molecule has 1 aromatic carbocycles. The second kappa shape index (κ2) is 6.31. The number of hydrogen-bond acceptors (Lipinski definition) is 2. The molecule has 0 radical (unpaired) electrons. The van der Waals surface area contributed by atoms with Gasteiger partial charge in [-0.15, -0.1) is 0 Å². The smallest absolute Gasteiger partial charge is 0.303 e. The molecule has 2 unspecified atom stereocenters. The molecule has 20 heavy (non-hydrogen) atoms. The molecule has 1 aliphatic heterocycles. The zero-order chi connectivity index (χ0) is 14.7. The van der Waals surface area contributed by atoms with Gasteiger partial charge < -0.3 is 5.11 Å². The molecule has 5 heteroatoms. The second-order valence-corrected chi connectivity index (χ2v) is 5.41. The van der Waals surface area contributed by atoms with Crippen molar-refractivity contribution in [3.63, 3.8) is 0 Å². The number of hydrogen-bond donors (Lipinski definition) is 1. The molecule has 1 aliphatic rings. The van der Waals surface area contributed by atoms with E-state index in [-0.39, 0.29) is 23.9 Å². The van der Waals surface area contributed by atoms with Crippen LogP contribution < -0.4 is 0 Å². The Morgan fingerprint density at radius 2 is 2.10 bits per heavy atom. The number of halogens is 2. The number of benzene rings is 1. The molecule has 1 saturated heterocycles. The molecule has 1 fully saturated rings. The highest BCUT2D eigenvalue weighted by molar-refractivity contribution is 5.67. The van der Waals surface area contributed by atoms with E-state index in [1.54, 1.807) is 6.92 Å². The number of aliphatic carboxylic acids is 1. The van der Waals surface area contributed by atoms with E-state index in [9.17, 15) is 13.6 Å². The average Bonchev–Trinajstić information content (AvgIpc) is 2.38. The maximum absolute atomic E-state index is 13.8. The summed E-state index contributed by atoms with van der Waals surface area (Å²) in [5.41, 5.74) is 0.0727.